The van der Waals surface area contributed by atoms with Gasteiger partial charge in [-0.15, -0.1) is 11.3 Å². The van der Waals surface area contributed by atoms with E-state index < -0.39 is 0 Å². The molecule has 1 heterocycles. The number of amides is 1. The Balaban J connectivity index is 2.73. The van der Waals surface area contributed by atoms with Gasteiger partial charge in [0.05, 0.1) is 6.61 Å². The van der Waals surface area contributed by atoms with Crippen molar-refractivity contribution in [1.82, 2.24) is 9.88 Å². The van der Waals surface area contributed by atoms with Crippen molar-refractivity contribution < 1.29 is 9.90 Å². The third-order valence-corrected chi connectivity index (χ3v) is 2.86. The number of hydrogen-bond donors (Lipinski definition) is 2. The first-order valence-corrected chi connectivity index (χ1v) is 5.65. The molecule has 1 rings (SSSR count). The van der Waals surface area contributed by atoms with E-state index in [2.05, 4.69) is 4.98 Å². The van der Waals surface area contributed by atoms with Gasteiger partial charge in [0.25, 0.3) is 5.91 Å². The van der Waals surface area contributed by atoms with Gasteiger partial charge in [0.2, 0.25) is 0 Å². The zero-order valence-corrected chi connectivity index (χ0v) is 9.46. The van der Waals surface area contributed by atoms with Gasteiger partial charge in [-0.3, -0.25) is 4.79 Å². The Morgan fingerprint density at radius 1 is 1.73 bits per heavy atom. The van der Waals surface area contributed by atoms with Crippen LogP contribution in [0.2, 0.25) is 0 Å². The SMILES string of the molecule is CCN(CCO)C(=O)c1csc(CN)n1. The lowest BCUT2D eigenvalue weighted by atomic mass is 10.4. The molecule has 1 aromatic rings. The van der Waals surface area contributed by atoms with E-state index in [0.717, 1.165) is 5.01 Å². The monoisotopic (exact) mass is 229 g/mol. The molecule has 1 amide bonds. The lowest BCUT2D eigenvalue weighted by molar-refractivity contribution is 0.0727. The van der Waals surface area contributed by atoms with Crippen molar-refractivity contribution in [3.8, 4) is 0 Å². The Morgan fingerprint density at radius 2 is 2.47 bits per heavy atom. The first-order chi connectivity index (χ1) is 7.22. The zero-order valence-electron chi connectivity index (χ0n) is 8.64. The van der Waals surface area contributed by atoms with E-state index in [0.29, 0.717) is 25.3 Å². The van der Waals surface area contributed by atoms with Gasteiger partial charge in [-0.1, -0.05) is 0 Å². The standard InChI is InChI=1S/C9H15N3O2S/c1-2-12(3-4-13)9(14)7-6-15-8(5-10)11-7/h6,13H,2-5,10H2,1H3. The fourth-order valence-corrected chi connectivity index (χ4v) is 1.84. The molecule has 0 aromatic carbocycles. The number of rotatable bonds is 5. The number of hydrogen-bond acceptors (Lipinski definition) is 5. The molecule has 0 aliphatic rings. The summed E-state index contributed by atoms with van der Waals surface area (Å²) in [5, 5.41) is 11.2. The molecule has 0 atom stereocenters. The van der Waals surface area contributed by atoms with Crippen LogP contribution in [-0.2, 0) is 6.54 Å². The lowest BCUT2D eigenvalue weighted by Gasteiger charge is -2.17. The van der Waals surface area contributed by atoms with Crippen LogP contribution in [0.5, 0.6) is 0 Å². The van der Waals surface area contributed by atoms with Gasteiger partial charge in [-0.05, 0) is 6.92 Å². The summed E-state index contributed by atoms with van der Waals surface area (Å²) in [6.07, 6.45) is 0. The van der Waals surface area contributed by atoms with Crippen LogP contribution < -0.4 is 5.73 Å². The van der Waals surface area contributed by atoms with Crippen LogP contribution in [-0.4, -0.2) is 40.6 Å². The Morgan fingerprint density at radius 3 is 2.93 bits per heavy atom. The summed E-state index contributed by atoms with van der Waals surface area (Å²) in [4.78, 5) is 17.5. The number of likely N-dealkylation sites (N-methyl/N-ethyl adjacent to an activating group) is 1. The fourth-order valence-electron chi connectivity index (χ4n) is 1.19. The van der Waals surface area contributed by atoms with Crippen molar-refractivity contribution in [1.29, 1.82) is 0 Å². The number of nitrogens with zero attached hydrogens (tertiary/aromatic N) is 2. The maximum Gasteiger partial charge on any atom is 0.273 e. The van der Waals surface area contributed by atoms with Crippen LogP contribution >= 0.6 is 11.3 Å². The number of thiazole rings is 1. The van der Waals surface area contributed by atoms with Crippen molar-refractivity contribution in [3.63, 3.8) is 0 Å². The molecule has 84 valence electrons. The third-order valence-electron chi connectivity index (χ3n) is 1.98. The van der Waals surface area contributed by atoms with Gasteiger partial charge in [0, 0.05) is 25.0 Å². The number of aliphatic hydroxyl groups excluding tert-OH is 1. The number of nitrogens with two attached hydrogens (primary N) is 1. The van der Waals surface area contributed by atoms with E-state index in [-0.39, 0.29) is 12.5 Å². The largest absolute Gasteiger partial charge is 0.395 e. The third kappa shape index (κ3) is 2.98. The Kier molecular flexibility index (Phi) is 4.67. The minimum atomic E-state index is -0.150. The molecule has 0 saturated carbocycles. The average molecular weight is 229 g/mol. The molecular formula is C9H15N3O2S. The Hall–Kier alpha value is -0.980. The number of aromatic nitrogens is 1. The molecule has 0 radical (unpaired) electrons. The van der Waals surface area contributed by atoms with E-state index in [9.17, 15) is 4.79 Å². The predicted octanol–water partition coefficient (Wildman–Crippen LogP) is 0.0562. The van der Waals surface area contributed by atoms with Crippen molar-refractivity contribution in [2.75, 3.05) is 19.7 Å². The topological polar surface area (TPSA) is 79.5 Å². The smallest absolute Gasteiger partial charge is 0.273 e. The van der Waals surface area contributed by atoms with Crippen molar-refractivity contribution in [2.45, 2.75) is 13.5 Å². The molecule has 0 fully saturated rings. The second-order valence-electron chi connectivity index (χ2n) is 2.94. The first kappa shape index (κ1) is 12.1. The van der Waals surface area contributed by atoms with Crippen LogP contribution in [0.15, 0.2) is 5.38 Å². The van der Waals surface area contributed by atoms with Crippen molar-refractivity contribution in [3.05, 3.63) is 16.1 Å². The quantitative estimate of drug-likeness (QED) is 0.748. The number of carbonyl (C=O) groups excluding carboxylic acids is 1. The van der Waals surface area contributed by atoms with Gasteiger partial charge in [0.15, 0.2) is 0 Å². The van der Waals surface area contributed by atoms with E-state index in [1.807, 2.05) is 6.92 Å². The minimum Gasteiger partial charge on any atom is -0.395 e. The molecule has 5 nitrogen and oxygen atoms in total. The highest BCUT2D eigenvalue weighted by molar-refractivity contribution is 7.09. The molecule has 3 N–H and O–H groups in total. The molecule has 0 bridgehead atoms. The summed E-state index contributed by atoms with van der Waals surface area (Å²) in [7, 11) is 0. The van der Waals surface area contributed by atoms with Crippen LogP contribution in [0.25, 0.3) is 0 Å². The Bertz CT molecular complexity index is 327. The average Bonchev–Trinajstić information content (AvgIpc) is 2.73. The fraction of sp³-hybridized carbons (Fsp3) is 0.556. The lowest BCUT2D eigenvalue weighted by Crippen LogP contribution is -2.33. The highest BCUT2D eigenvalue weighted by atomic mass is 32.1. The second-order valence-corrected chi connectivity index (χ2v) is 3.88. The summed E-state index contributed by atoms with van der Waals surface area (Å²) in [6.45, 7) is 3.08. The van der Waals surface area contributed by atoms with Crippen LogP contribution in [0.3, 0.4) is 0 Å². The van der Waals surface area contributed by atoms with E-state index in [1.165, 1.54) is 11.3 Å². The molecule has 0 unspecified atom stereocenters. The van der Waals surface area contributed by atoms with Gasteiger partial charge >= 0.3 is 0 Å². The maximum absolute atomic E-state index is 11.8. The summed E-state index contributed by atoms with van der Waals surface area (Å²) in [6, 6.07) is 0. The highest BCUT2D eigenvalue weighted by Gasteiger charge is 2.16. The normalized spacial score (nSPS) is 10.3. The molecule has 1 aromatic heterocycles. The summed E-state index contributed by atoms with van der Waals surface area (Å²) >= 11 is 1.38. The minimum absolute atomic E-state index is 0.0343. The summed E-state index contributed by atoms with van der Waals surface area (Å²) in [5.74, 6) is -0.150. The number of aliphatic hydroxyl groups is 1. The second kappa shape index (κ2) is 5.79. The molecular weight excluding hydrogens is 214 g/mol. The van der Waals surface area contributed by atoms with Crippen LogP contribution in [0.4, 0.5) is 0 Å². The van der Waals surface area contributed by atoms with E-state index in [1.54, 1.807) is 10.3 Å². The molecule has 0 aliphatic heterocycles. The highest BCUT2D eigenvalue weighted by Crippen LogP contribution is 2.11. The van der Waals surface area contributed by atoms with Gasteiger partial charge in [-0.2, -0.15) is 0 Å². The maximum atomic E-state index is 11.8. The van der Waals surface area contributed by atoms with E-state index in [4.69, 9.17) is 10.8 Å². The van der Waals surface area contributed by atoms with Crippen molar-refractivity contribution >= 4 is 17.2 Å². The van der Waals surface area contributed by atoms with Gasteiger partial charge < -0.3 is 15.7 Å². The summed E-state index contributed by atoms with van der Waals surface area (Å²) < 4.78 is 0. The molecule has 15 heavy (non-hydrogen) atoms. The number of carbonyl (C=O) groups is 1. The Labute approximate surface area is 92.5 Å². The van der Waals surface area contributed by atoms with Gasteiger partial charge in [-0.25, -0.2) is 4.98 Å². The molecule has 0 saturated heterocycles. The van der Waals surface area contributed by atoms with Gasteiger partial charge in [0.1, 0.15) is 10.7 Å². The van der Waals surface area contributed by atoms with Crippen molar-refractivity contribution in [2.24, 2.45) is 5.73 Å². The first-order valence-electron chi connectivity index (χ1n) is 4.77. The molecule has 0 aliphatic carbocycles. The predicted molar refractivity (Wildman–Crippen MR) is 58.7 cm³/mol. The van der Waals surface area contributed by atoms with Crippen LogP contribution in [0, 0.1) is 0 Å². The summed E-state index contributed by atoms with van der Waals surface area (Å²) in [5.41, 5.74) is 5.83. The van der Waals surface area contributed by atoms with Crippen LogP contribution in [0.1, 0.15) is 22.4 Å². The van der Waals surface area contributed by atoms with E-state index >= 15 is 0 Å². The molecule has 0 spiro atoms. The molecule has 6 heteroatoms. The zero-order chi connectivity index (χ0) is 11.3.